The van der Waals surface area contributed by atoms with Crippen LogP contribution >= 0.6 is 11.3 Å². The lowest BCUT2D eigenvalue weighted by atomic mass is 9.79. The summed E-state index contributed by atoms with van der Waals surface area (Å²) in [6.07, 6.45) is 2.77. The summed E-state index contributed by atoms with van der Waals surface area (Å²) in [5.41, 5.74) is 3.45. The van der Waals surface area contributed by atoms with Crippen LogP contribution in [0.1, 0.15) is 61.5 Å². The van der Waals surface area contributed by atoms with E-state index in [9.17, 15) is 20.0 Å². The van der Waals surface area contributed by atoms with Gasteiger partial charge in [0, 0.05) is 10.4 Å². The highest BCUT2D eigenvalue weighted by molar-refractivity contribution is 7.17. The number of thiophene rings is 1. The first kappa shape index (κ1) is 21.1. The van der Waals surface area contributed by atoms with Crippen LogP contribution in [0.15, 0.2) is 24.3 Å². The van der Waals surface area contributed by atoms with Gasteiger partial charge in [0.15, 0.2) is 0 Å². The van der Waals surface area contributed by atoms with Gasteiger partial charge in [-0.15, -0.1) is 11.3 Å². The summed E-state index contributed by atoms with van der Waals surface area (Å²) in [5, 5.41) is 22.6. The molecule has 0 saturated heterocycles. The SMILES string of the molecule is Cc1sc(NC(=O)[C@@H]2CCCC[C@H]2C(=O)O)c(C#N)c1-c1ccc(C(C)C)cc1. The monoisotopic (exact) mass is 410 g/mol. The van der Waals surface area contributed by atoms with Gasteiger partial charge in [0.2, 0.25) is 5.91 Å². The fraction of sp³-hybridized carbons (Fsp3) is 0.435. The first-order valence-corrected chi connectivity index (χ1v) is 10.8. The van der Waals surface area contributed by atoms with E-state index in [2.05, 4.69) is 37.4 Å². The zero-order chi connectivity index (χ0) is 21.1. The lowest BCUT2D eigenvalue weighted by Crippen LogP contribution is -2.36. The molecule has 2 atom stereocenters. The van der Waals surface area contributed by atoms with Crippen LogP contribution in [0.5, 0.6) is 0 Å². The smallest absolute Gasteiger partial charge is 0.307 e. The molecule has 0 bridgehead atoms. The number of aryl methyl sites for hydroxylation is 1. The third-order valence-corrected chi connectivity index (χ3v) is 6.74. The molecule has 1 amide bonds. The van der Waals surface area contributed by atoms with Crippen LogP contribution in [-0.2, 0) is 9.59 Å². The molecule has 0 spiro atoms. The van der Waals surface area contributed by atoms with Crippen molar-refractivity contribution in [3.05, 3.63) is 40.3 Å². The number of hydrogen-bond acceptors (Lipinski definition) is 4. The van der Waals surface area contributed by atoms with Gasteiger partial charge in [-0.05, 0) is 36.8 Å². The first-order chi connectivity index (χ1) is 13.8. The molecular weight excluding hydrogens is 384 g/mol. The molecule has 1 fully saturated rings. The third-order valence-electron chi connectivity index (χ3n) is 5.72. The van der Waals surface area contributed by atoms with Gasteiger partial charge >= 0.3 is 5.97 Å². The Balaban J connectivity index is 1.89. The molecule has 1 saturated carbocycles. The summed E-state index contributed by atoms with van der Waals surface area (Å²) in [7, 11) is 0. The van der Waals surface area contributed by atoms with Gasteiger partial charge in [-0.1, -0.05) is 51.0 Å². The number of benzene rings is 1. The molecule has 0 aliphatic heterocycles. The van der Waals surface area contributed by atoms with Crippen molar-refractivity contribution in [1.29, 1.82) is 5.26 Å². The zero-order valence-corrected chi connectivity index (χ0v) is 17.8. The molecule has 2 N–H and O–H groups in total. The van der Waals surface area contributed by atoms with Crippen LogP contribution in [0.2, 0.25) is 0 Å². The number of anilines is 1. The number of carboxylic acid groups (broad SMARTS) is 1. The van der Waals surface area contributed by atoms with Crippen molar-refractivity contribution in [2.75, 3.05) is 5.32 Å². The summed E-state index contributed by atoms with van der Waals surface area (Å²) in [4.78, 5) is 25.3. The number of nitrogens with zero attached hydrogens (tertiary/aromatic N) is 1. The van der Waals surface area contributed by atoms with Crippen LogP contribution in [-0.4, -0.2) is 17.0 Å². The predicted octanol–water partition coefficient (Wildman–Crippen LogP) is 5.55. The molecule has 0 radical (unpaired) electrons. The van der Waals surface area contributed by atoms with Gasteiger partial charge in [0.05, 0.1) is 17.4 Å². The van der Waals surface area contributed by atoms with Gasteiger partial charge in [0.25, 0.3) is 0 Å². The minimum atomic E-state index is -0.918. The normalized spacial score (nSPS) is 19.0. The highest BCUT2D eigenvalue weighted by atomic mass is 32.1. The van der Waals surface area contributed by atoms with E-state index in [0.717, 1.165) is 28.8 Å². The van der Waals surface area contributed by atoms with Crippen molar-refractivity contribution < 1.29 is 14.7 Å². The van der Waals surface area contributed by atoms with Crippen LogP contribution in [0, 0.1) is 30.1 Å². The van der Waals surface area contributed by atoms with Gasteiger partial charge in [-0.25, -0.2) is 0 Å². The second-order valence-electron chi connectivity index (χ2n) is 7.95. The molecule has 2 aromatic rings. The van der Waals surface area contributed by atoms with E-state index in [-0.39, 0.29) is 5.91 Å². The largest absolute Gasteiger partial charge is 0.481 e. The molecule has 0 unspecified atom stereocenters. The number of nitrogens with one attached hydrogen (secondary N) is 1. The molecule has 3 rings (SSSR count). The number of nitriles is 1. The third kappa shape index (κ3) is 4.35. The minimum absolute atomic E-state index is 0.295. The molecule has 6 heteroatoms. The Hall–Kier alpha value is -2.65. The van der Waals surface area contributed by atoms with Gasteiger partial charge in [-0.3, -0.25) is 9.59 Å². The Morgan fingerprint density at radius 3 is 2.34 bits per heavy atom. The molecule has 5 nitrogen and oxygen atoms in total. The zero-order valence-electron chi connectivity index (χ0n) is 17.0. The number of carbonyl (C=O) groups excluding carboxylic acids is 1. The summed E-state index contributed by atoms with van der Waals surface area (Å²) >= 11 is 1.37. The Labute approximate surface area is 175 Å². The van der Waals surface area contributed by atoms with Crippen molar-refractivity contribution in [3.8, 4) is 17.2 Å². The average molecular weight is 411 g/mol. The van der Waals surface area contributed by atoms with Gasteiger partial charge < -0.3 is 10.4 Å². The van der Waals surface area contributed by atoms with E-state index in [1.807, 2.05) is 19.1 Å². The maximum absolute atomic E-state index is 12.9. The lowest BCUT2D eigenvalue weighted by Gasteiger charge is -2.27. The molecule has 1 aliphatic carbocycles. The van der Waals surface area contributed by atoms with Crippen LogP contribution in [0.4, 0.5) is 5.00 Å². The number of amides is 1. The number of carboxylic acids is 1. The van der Waals surface area contributed by atoms with Crippen molar-refractivity contribution in [3.63, 3.8) is 0 Å². The number of rotatable bonds is 5. The molecule has 1 heterocycles. The van der Waals surface area contributed by atoms with Crippen molar-refractivity contribution in [2.45, 2.75) is 52.4 Å². The Bertz CT molecular complexity index is 954. The quantitative estimate of drug-likeness (QED) is 0.676. The molecule has 152 valence electrons. The van der Waals surface area contributed by atoms with Gasteiger partial charge in [-0.2, -0.15) is 5.26 Å². The van der Waals surface area contributed by atoms with Crippen LogP contribution < -0.4 is 5.32 Å². The first-order valence-electron chi connectivity index (χ1n) is 10.0. The fourth-order valence-electron chi connectivity index (χ4n) is 4.07. The van der Waals surface area contributed by atoms with Crippen molar-refractivity contribution in [1.82, 2.24) is 0 Å². The van der Waals surface area contributed by atoms with E-state index >= 15 is 0 Å². The summed E-state index contributed by atoms with van der Waals surface area (Å²) in [6.45, 7) is 6.21. The van der Waals surface area contributed by atoms with Crippen molar-refractivity contribution in [2.24, 2.45) is 11.8 Å². The summed E-state index contributed by atoms with van der Waals surface area (Å²) in [5.74, 6) is -1.99. The average Bonchev–Trinajstić information content (AvgIpc) is 3.02. The summed E-state index contributed by atoms with van der Waals surface area (Å²) in [6, 6.07) is 10.4. The maximum atomic E-state index is 12.9. The Morgan fingerprint density at radius 2 is 1.79 bits per heavy atom. The van der Waals surface area contributed by atoms with Crippen molar-refractivity contribution >= 4 is 28.2 Å². The van der Waals surface area contributed by atoms with E-state index in [1.54, 1.807) is 0 Å². The summed E-state index contributed by atoms with van der Waals surface area (Å²) < 4.78 is 0. The molecule has 29 heavy (non-hydrogen) atoms. The molecule has 1 aliphatic rings. The lowest BCUT2D eigenvalue weighted by molar-refractivity contribution is -0.147. The van der Waals surface area contributed by atoms with Crippen LogP contribution in [0.25, 0.3) is 11.1 Å². The van der Waals surface area contributed by atoms with E-state index < -0.39 is 17.8 Å². The molecular formula is C23H26N2O3S. The molecule has 1 aromatic heterocycles. The molecule has 1 aromatic carbocycles. The standard InChI is InChI=1S/C23H26N2O3S/c1-13(2)15-8-10-16(11-9-15)20-14(3)29-22(19(20)12-24)25-21(26)17-6-4-5-7-18(17)23(27)28/h8-11,13,17-18H,4-7H2,1-3H3,(H,25,26)(H,27,28)/t17-,18-/m1/s1. The van der Waals surface area contributed by atoms with E-state index in [0.29, 0.717) is 29.3 Å². The Morgan fingerprint density at radius 1 is 1.17 bits per heavy atom. The minimum Gasteiger partial charge on any atom is -0.481 e. The van der Waals surface area contributed by atoms with Gasteiger partial charge in [0.1, 0.15) is 11.1 Å². The maximum Gasteiger partial charge on any atom is 0.307 e. The van der Waals surface area contributed by atoms with E-state index in [4.69, 9.17) is 0 Å². The topological polar surface area (TPSA) is 90.2 Å². The highest BCUT2D eigenvalue weighted by Crippen LogP contribution is 2.40. The predicted molar refractivity (Wildman–Crippen MR) is 115 cm³/mol. The highest BCUT2D eigenvalue weighted by Gasteiger charge is 2.36. The van der Waals surface area contributed by atoms with Crippen LogP contribution in [0.3, 0.4) is 0 Å². The number of hydrogen-bond donors (Lipinski definition) is 2. The fourth-order valence-corrected chi connectivity index (χ4v) is 5.10. The second kappa shape index (κ2) is 8.79. The Kier molecular flexibility index (Phi) is 6.39. The number of carbonyl (C=O) groups is 2. The second-order valence-corrected chi connectivity index (χ2v) is 9.18. The number of aliphatic carboxylic acids is 1. The van der Waals surface area contributed by atoms with E-state index in [1.165, 1.54) is 16.9 Å².